The molecule has 0 bridgehead atoms. The van der Waals surface area contributed by atoms with E-state index < -0.39 is 17.6 Å². The van der Waals surface area contributed by atoms with Gasteiger partial charge in [0, 0.05) is 18.2 Å². The summed E-state index contributed by atoms with van der Waals surface area (Å²) < 4.78 is 48.8. The number of nitrogens with two attached hydrogens (primary N) is 1. The fourth-order valence-electron chi connectivity index (χ4n) is 1.63. The zero-order valence-corrected chi connectivity index (χ0v) is 11.3. The zero-order valence-electron chi connectivity index (χ0n) is 11.3. The Morgan fingerprint density at radius 1 is 1.24 bits per heavy atom. The van der Waals surface area contributed by atoms with Gasteiger partial charge in [-0.3, -0.25) is 4.79 Å². The number of hydrogen-bond acceptors (Lipinski definition) is 4. The second-order valence-electron chi connectivity index (χ2n) is 4.87. The smallest absolute Gasteiger partial charge is 0.415 e. The summed E-state index contributed by atoms with van der Waals surface area (Å²) in [6, 6.07) is 4.36. The predicted molar refractivity (Wildman–Crippen MR) is 69.3 cm³/mol. The average Bonchev–Trinajstić information content (AvgIpc) is 2.61. The number of rotatable bonds is 2. The molecule has 3 N–H and O–H groups in total. The molecule has 1 aliphatic heterocycles. The Morgan fingerprint density at radius 2 is 1.86 bits per heavy atom. The Kier molecular flexibility index (Phi) is 3.99. The van der Waals surface area contributed by atoms with Crippen LogP contribution in [0.3, 0.4) is 0 Å². The number of ether oxygens (including phenoxy) is 2. The van der Waals surface area contributed by atoms with Crippen LogP contribution in [0.1, 0.15) is 13.3 Å². The third kappa shape index (κ3) is 3.21. The molecule has 0 saturated heterocycles. The number of fused-ring (bicyclic) bond motifs is 1. The van der Waals surface area contributed by atoms with Crippen LogP contribution in [0.2, 0.25) is 0 Å². The van der Waals surface area contributed by atoms with Crippen molar-refractivity contribution in [2.45, 2.75) is 25.1 Å². The third-order valence-corrected chi connectivity index (χ3v) is 3.07. The van der Waals surface area contributed by atoms with Gasteiger partial charge in [0.2, 0.25) is 0 Å². The van der Waals surface area contributed by atoms with Crippen molar-refractivity contribution in [3.8, 4) is 11.5 Å². The van der Waals surface area contributed by atoms with Gasteiger partial charge in [0.25, 0.3) is 5.91 Å². The monoisotopic (exact) mass is 304 g/mol. The van der Waals surface area contributed by atoms with E-state index in [9.17, 15) is 18.0 Å². The molecule has 1 aromatic carbocycles. The number of carbonyl (C=O) groups is 1. The maximum absolute atomic E-state index is 12.7. The minimum atomic E-state index is -4.84. The van der Waals surface area contributed by atoms with E-state index in [2.05, 4.69) is 5.32 Å². The molecule has 5 nitrogen and oxygen atoms in total. The van der Waals surface area contributed by atoms with Gasteiger partial charge < -0.3 is 20.5 Å². The lowest BCUT2D eigenvalue weighted by Crippen LogP contribution is -2.59. The number of benzene rings is 1. The Morgan fingerprint density at radius 3 is 2.48 bits per heavy atom. The summed E-state index contributed by atoms with van der Waals surface area (Å²) in [5.74, 6) is -0.489. The molecule has 0 aromatic heterocycles. The normalized spacial score (nSPS) is 17.6. The molecule has 8 heteroatoms. The first-order valence-electron chi connectivity index (χ1n) is 6.28. The van der Waals surface area contributed by atoms with Crippen molar-refractivity contribution in [1.29, 1.82) is 0 Å². The van der Waals surface area contributed by atoms with Gasteiger partial charge in [-0.1, -0.05) is 0 Å². The van der Waals surface area contributed by atoms with Crippen molar-refractivity contribution < 1.29 is 27.4 Å². The number of hydrogen-bond donors (Lipinski definition) is 2. The summed E-state index contributed by atoms with van der Waals surface area (Å²) in [6.07, 6.45) is -4.15. The largest absolute Gasteiger partial charge is 0.490 e. The summed E-state index contributed by atoms with van der Waals surface area (Å²) in [6.45, 7) is 1.54. The second-order valence-corrected chi connectivity index (χ2v) is 4.87. The maximum Gasteiger partial charge on any atom is 0.415 e. The number of halogens is 3. The summed E-state index contributed by atoms with van der Waals surface area (Å²) >= 11 is 0. The first kappa shape index (κ1) is 15.4. The van der Waals surface area contributed by atoms with Crippen LogP contribution in [-0.2, 0) is 4.79 Å². The molecule has 1 amide bonds. The fourth-order valence-corrected chi connectivity index (χ4v) is 1.63. The van der Waals surface area contributed by atoms with Gasteiger partial charge in [-0.15, -0.1) is 0 Å². The van der Waals surface area contributed by atoms with Crippen LogP contribution in [0.15, 0.2) is 18.2 Å². The van der Waals surface area contributed by atoms with Crippen LogP contribution < -0.4 is 20.5 Å². The first-order chi connectivity index (χ1) is 9.72. The molecule has 21 heavy (non-hydrogen) atoms. The Balaban J connectivity index is 2.17. The molecule has 0 aliphatic carbocycles. The van der Waals surface area contributed by atoms with E-state index in [1.165, 1.54) is 18.2 Å². The SMILES string of the molecule is CC(N)(C(=O)Nc1ccc2c(c1)OCCCO2)C(F)(F)F. The topological polar surface area (TPSA) is 73.6 Å². The van der Waals surface area contributed by atoms with E-state index >= 15 is 0 Å². The zero-order chi connectivity index (χ0) is 15.7. The molecule has 0 fully saturated rings. The van der Waals surface area contributed by atoms with Crippen molar-refractivity contribution >= 4 is 11.6 Å². The summed E-state index contributed by atoms with van der Waals surface area (Å²) in [4.78, 5) is 11.7. The van der Waals surface area contributed by atoms with E-state index in [1.807, 2.05) is 0 Å². The molecule has 1 heterocycles. The molecular weight excluding hydrogens is 289 g/mol. The van der Waals surface area contributed by atoms with E-state index in [4.69, 9.17) is 15.2 Å². The van der Waals surface area contributed by atoms with Crippen LogP contribution in [0, 0.1) is 0 Å². The molecule has 0 saturated carbocycles. The van der Waals surface area contributed by atoms with E-state index in [0.29, 0.717) is 38.1 Å². The van der Waals surface area contributed by atoms with Gasteiger partial charge in [-0.2, -0.15) is 13.2 Å². The van der Waals surface area contributed by atoms with Crippen LogP contribution >= 0.6 is 0 Å². The van der Waals surface area contributed by atoms with Gasteiger partial charge >= 0.3 is 6.18 Å². The number of carbonyl (C=O) groups excluding carboxylic acids is 1. The van der Waals surface area contributed by atoms with Gasteiger partial charge in [0.05, 0.1) is 13.2 Å². The lowest BCUT2D eigenvalue weighted by molar-refractivity contribution is -0.184. The second kappa shape index (κ2) is 5.44. The maximum atomic E-state index is 12.7. The predicted octanol–water partition coefficient (Wildman–Crippen LogP) is 2.07. The number of nitrogens with one attached hydrogen (secondary N) is 1. The van der Waals surface area contributed by atoms with E-state index in [-0.39, 0.29) is 5.69 Å². The highest BCUT2D eigenvalue weighted by Crippen LogP contribution is 2.33. The Hall–Kier alpha value is -1.96. The van der Waals surface area contributed by atoms with E-state index in [0.717, 1.165) is 0 Å². The highest BCUT2D eigenvalue weighted by atomic mass is 19.4. The number of amides is 1. The molecule has 116 valence electrons. The average molecular weight is 304 g/mol. The number of alkyl halides is 3. The third-order valence-electron chi connectivity index (χ3n) is 3.07. The van der Waals surface area contributed by atoms with Gasteiger partial charge in [0.1, 0.15) is 0 Å². The van der Waals surface area contributed by atoms with Crippen LogP contribution in [0.5, 0.6) is 11.5 Å². The van der Waals surface area contributed by atoms with Gasteiger partial charge in [0.15, 0.2) is 17.0 Å². The van der Waals surface area contributed by atoms with Crippen LogP contribution in [0.25, 0.3) is 0 Å². The molecule has 1 atom stereocenters. The van der Waals surface area contributed by atoms with Crippen molar-refractivity contribution in [2.75, 3.05) is 18.5 Å². The standard InChI is InChI=1S/C13H15F3N2O3/c1-12(17,13(14,15)16)11(19)18-8-3-4-9-10(7-8)21-6-2-5-20-9/h3-4,7H,2,5-6,17H2,1H3,(H,18,19). The molecule has 1 aromatic rings. The van der Waals surface area contributed by atoms with Crippen molar-refractivity contribution in [3.05, 3.63) is 18.2 Å². The lowest BCUT2D eigenvalue weighted by Gasteiger charge is -2.26. The highest BCUT2D eigenvalue weighted by molar-refractivity contribution is 5.98. The van der Waals surface area contributed by atoms with Crippen molar-refractivity contribution in [1.82, 2.24) is 0 Å². The Bertz CT molecular complexity index is 544. The van der Waals surface area contributed by atoms with Crippen LogP contribution in [0.4, 0.5) is 18.9 Å². The molecular formula is C13H15F3N2O3. The molecule has 2 rings (SSSR count). The molecule has 1 unspecified atom stereocenters. The highest BCUT2D eigenvalue weighted by Gasteiger charge is 2.54. The minimum Gasteiger partial charge on any atom is -0.490 e. The van der Waals surface area contributed by atoms with Crippen LogP contribution in [-0.4, -0.2) is 30.8 Å². The quantitative estimate of drug-likeness (QED) is 0.877. The molecule has 0 spiro atoms. The van der Waals surface area contributed by atoms with E-state index in [1.54, 1.807) is 0 Å². The minimum absolute atomic E-state index is 0.158. The van der Waals surface area contributed by atoms with Gasteiger partial charge in [-0.25, -0.2) is 0 Å². The van der Waals surface area contributed by atoms with Gasteiger partial charge in [-0.05, 0) is 19.1 Å². The molecule has 1 aliphatic rings. The molecule has 0 radical (unpaired) electrons. The Labute approximate surface area is 119 Å². The van der Waals surface area contributed by atoms with Crippen molar-refractivity contribution in [3.63, 3.8) is 0 Å². The summed E-state index contributed by atoms with van der Waals surface area (Å²) in [5.41, 5.74) is 2.24. The summed E-state index contributed by atoms with van der Waals surface area (Å²) in [7, 11) is 0. The van der Waals surface area contributed by atoms with Crippen molar-refractivity contribution in [2.24, 2.45) is 5.73 Å². The number of anilines is 1. The summed E-state index contributed by atoms with van der Waals surface area (Å²) in [5, 5.41) is 2.14. The first-order valence-corrected chi connectivity index (χ1v) is 6.28. The fraction of sp³-hybridized carbons (Fsp3) is 0.462. The lowest BCUT2D eigenvalue weighted by atomic mass is 10.0.